The number of rotatable bonds is 12. The molecule has 2 aromatic heterocycles. The number of fused-ring (bicyclic) bond motifs is 1. The summed E-state index contributed by atoms with van der Waals surface area (Å²) in [5.74, 6) is 0.460. The summed E-state index contributed by atoms with van der Waals surface area (Å²) < 4.78 is 31.0. The number of aliphatic hydroxyl groups excluding tert-OH is 1. The van der Waals surface area contributed by atoms with Crippen LogP contribution in [0.4, 0.5) is 4.39 Å². The number of Topliss-reactive ketones (excluding diaryl/α,β-unsaturated/α-hetero) is 2. The second-order valence-corrected chi connectivity index (χ2v) is 9.06. The summed E-state index contributed by atoms with van der Waals surface area (Å²) in [6.45, 7) is 0.333. The van der Waals surface area contributed by atoms with Crippen molar-refractivity contribution in [1.29, 1.82) is 0 Å². The number of nitrogens with zero attached hydrogens (tertiary/aromatic N) is 1. The van der Waals surface area contributed by atoms with Gasteiger partial charge in [-0.1, -0.05) is 12.1 Å². The third-order valence-corrected chi connectivity index (χ3v) is 6.78. The zero-order valence-corrected chi connectivity index (χ0v) is 21.3. The molecule has 0 aliphatic rings. The first-order chi connectivity index (χ1) is 17.9. The van der Waals surface area contributed by atoms with Gasteiger partial charge in [0.2, 0.25) is 0 Å². The Morgan fingerprint density at radius 1 is 1.00 bits per heavy atom. The zero-order valence-electron chi connectivity index (χ0n) is 20.5. The van der Waals surface area contributed by atoms with E-state index in [1.165, 1.54) is 37.7 Å². The molecule has 1 N–H and O–H groups in total. The summed E-state index contributed by atoms with van der Waals surface area (Å²) in [6, 6.07) is 12.9. The topological polar surface area (TPSA) is 95.0 Å². The first-order valence-electron chi connectivity index (χ1n) is 11.7. The number of aliphatic hydroxyl groups is 1. The summed E-state index contributed by atoms with van der Waals surface area (Å²) in [7, 11) is 2.97. The lowest BCUT2D eigenvalue weighted by atomic mass is 10.0. The number of benzene rings is 2. The molecule has 0 bridgehead atoms. The smallest absolute Gasteiger partial charge is 0.181 e. The van der Waals surface area contributed by atoms with E-state index in [0.29, 0.717) is 57.2 Å². The van der Waals surface area contributed by atoms with Gasteiger partial charge in [-0.15, -0.1) is 11.3 Å². The van der Waals surface area contributed by atoms with Crippen molar-refractivity contribution in [1.82, 2.24) is 4.98 Å². The number of methoxy groups -OCH3 is 2. The van der Waals surface area contributed by atoms with Gasteiger partial charge >= 0.3 is 0 Å². The summed E-state index contributed by atoms with van der Waals surface area (Å²) in [5.41, 5.74) is 1.76. The second-order valence-electron chi connectivity index (χ2n) is 8.18. The molecule has 4 rings (SSSR count). The summed E-state index contributed by atoms with van der Waals surface area (Å²) >= 11 is 1.27. The van der Waals surface area contributed by atoms with Crippen molar-refractivity contribution >= 4 is 33.0 Å². The minimum Gasteiger partial charge on any atom is -0.497 e. The Morgan fingerprint density at radius 2 is 1.81 bits per heavy atom. The van der Waals surface area contributed by atoms with E-state index in [2.05, 4.69) is 4.98 Å². The molecular weight excluding hydrogens is 497 g/mol. The minimum atomic E-state index is -0.312. The lowest BCUT2D eigenvalue weighted by Gasteiger charge is -2.11. The molecule has 192 valence electrons. The van der Waals surface area contributed by atoms with Gasteiger partial charge in [-0.25, -0.2) is 9.37 Å². The Bertz CT molecular complexity index is 1430. The first-order valence-corrected chi connectivity index (χ1v) is 12.5. The second kappa shape index (κ2) is 11.9. The summed E-state index contributed by atoms with van der Waals surface area (Å²) in [6.07, 6.45) is 0.410. The van der Waals surface area contributed by atoms with Crippen molar-refractivity contribution in [3.05, 3.63) is 71.0 Å². The average molecular weight is 524 g/mol. The average Bonchev–Trinajstić information content (AvgIpc) is 3.37. The quantitative estimate of drug-likeness (QED) is 0.187. The van der Waals surface area contributed by atoms with Crippen LogP contribution in [0.5, 0.6) is 17.2 Å². The Hall–Kier alpha value is -3.82. The third kappa shape index (κ3) is 5.95. The molecular formula is C28H26FNO6S. The van der Waals surface area contributed by atoms with Gasteiger partial charge < -0.3 is 19.3 Å². The molecule has 2 heterocycles. The van der Waals surface area contributed by atoms with Gasteiger partial charge in [-0.3, -0.25) is 9.59 Å². The normalized spacial score (nSPS) is 10.9. The van der Waals surface area contributed by atoms with Crippen molar-refractivity contribution in [2.45, 2.75) is 19.3 Å². The van der Waals surface area contributed by atoms with Gasteiger partial charge in [0, 0.05) is 59.9 Å². The number of halogens is 1. The molecule has 0 unspecified atom stereocenters. The van der Waals surface area contributed by atoms with Crippen molar-refractivity contribution in [3.8, 4) is 28.5 Å². The van der Waals surface area contributed by atoms with Crippen LogP contribution in [0.2, 0.25) is 0 Å². The monoisotopic (exact) mass is 523 g/mol. The number of aromatic nitrogens is 1. The molecule has 0 aliphatic carbocycles. The number of pyridine rings is 1. The van der Waals surface area contributed by atoms with E-state index in [0.717, 1.165) is 0 Å². The molecule has 0 fully saturated rings. The highest BCUT2D eigenvalue weighted by atomic mass is 32.1. The summed E-state index contributed by atoms with van der Waals surface area (Å²) in [5, 5.41) is 11.4. The Morgan fingerprint density at radius 3 is 2.57 bits per heavy atom. The van der Waals surface area contributed by atoms with Crippen LogP contribution >= 0.6 is 11.3 Å². The van der Waals surface area contributed by atoms with Crippen molar-refractivity contribution < 1.29 is 33.3 Å². The lowest BCUT2D eigenvalue weighted by Crippen LogP contribution is -2.08. The maximum Gasteiger partial charge on any atom is 0.181 e. The molecule has 0 spiro atoms. The highest BCUT2D eigenvalue weighted by Crippen LogP contribution is 2.36. The largest absolute Gasteiger partial charge is 0.497 e. The fraction of sp³-hybridized carbons (Fsp3) is 0.250. The van der Waals surface area contributed by atoms with Crippen LogP contribution in [0, 0.1) is 5.82 Å². The number of carbonyl (C=O) groups excluding carboxylic acids is 2. The molecule has 0 radical (unpaired) electrons. The highest BCUT2D eigenvalue weighted by Gasteiger charge is 2.18. The van der Waals surface area contributed by atoms with Crippen molar-refractivity contribution in [2.24, 2.45) is 0 Å². The van der Waals surface area contributed by atoms with Gasteiger partial charge in [0.1, 0.15) is 17.3 Å². The van der Waals surface area contributed by atoms with Crippen molar-refractivity contribution in [2.75, 3.05) is 27.4 Å². The molecule has 0 amide bonds. The maximum atomic E-state index is 14.2. The van der Waals surface area contributed by atoms with Crippen LogP contribution in [-0.4, -0.2) is 49.1 Å². The molecule has 0 atom stereocenters. The van der Waals surface area contributed by atoms with E-state index in [4.69, 9.17) is 19.3 Å². The van der Waals surface area contributed by atoms with Crippen molar-refractivity contribution in [3.63, 3.8) is 0 Å². The van der Waals surface area contributed by atoms with Gasteiger partial charge in [0.25, 0.3) is 0 Å². The van der Waals surface area contributed by atoms with Crippen LogP contribution in [0.1, 0.15) is 40.1 Å². The molecule has 37 heavy (non-hydrogen) atoms. The van der Waals surface area contributed by atoms with E-state index < -0.39 is 0 Å². The molecule has 7 nitrogen and oxygen atoms in total. The predicted octanol–water partition coefficient (Wildman–Crippen LogP) is 5.73. The van der Waals surface area contributed by atoms with E-state index in [1.54, 1.807) is 35.7 Å². The number of hydrogen-bond donors (Lipinski definition) is 1. The third-order valence-electron chi connectivity index (χ3n) is 5.77. The molecule has 4 aromatic rings. The predicted molar refractivity (Wildman–Crippen MR) is 140 cm³/mol. The molecule has 2 aromatic carbocycles. The number of carbonyl (C=O) groups is 2. The fourth-order valence-electron chi connectivity index (χ4n) is 3.83. The lowest BCUT2D eigenvalue weighted by molar-refractivity contribution is 0.0914. The highest BCUT2D eigenvalue weighted by molar-refractivity contribution is 7.17. The number of thiophene rings is 1. The van der Waals surface area contributed by atoms with Gasteiger partial charge in [0.05, 0.1) is 31.2 Å². The van der Waals surface area contributed by atoms with Crippen LogP contribution in [0.15, 0.2) is 53.9 Å². The molecule has 9 heteroatoms. The van der Waals surface area contributed by atoms with E-state index in [9.17, 15) is 14.0 Å². The molecule has 0 saturated carbocycles. The molecule has 0 saturated heterocycles. The first kappa shape index (κ1) is 26.2. The van der Waals surface area contributed by atoms with Crippen LogP contribution in [0.25, 0.3) is 21.3 Å². The zero-order chi connectivity index (χ0) is 26.4. The standard InChI is InChI=1S/C28H26FNO6S/c1-34-18-14-22(20-16-37-28-19(20)5-3-6-21(28)29)30-23(15-18)25(33)9-8-24(32)17-7-10-26(27(13-17)35-2)36-12-4-11-31/h3,5-7,10,13-16,31H,4,8-9,11-12H2,1-2H3. The Balaban J connectivity index is 1.50. The van der Waals surface area contributed by atoms with E-state index >= 15 is 0 Å². The van der Waals surface area contributed by atoms with E-state index in [-0.39, 0.29) is 42.5 Å². The van der Waals surface area contributed by atoms with Crippen LogP contribution in [0.3, 0.4) is 0 Å². The van der Waals surface area contributed by atoms with Crippen LogP contribution < -0.4 is 14.2 Å². The van der Waals surface area contributed by atoms with Crippen LogP contribution in [-0.2, 0) is 0 Å². The minimum absolute atomic E-state index is 0.0129. The Labute approximate surface area is 217 Å². The Kier molecular flexibility index (Phi) is 8.47. The van der Waals surface area contributed by atoms with E-state index in [1.807, 2.05) is 6.07 Å². The van der Waals surface area contributed by atoms with Gasteiger partial charge in [-0.2, -0.15) is 0 Å². The number of ketones is 2. The van der Waals surface area contributed by atoms with Gasteiger partial charge in [0.15, 0.2) is 23.1 Å². The fourth-order valence-corrected chi connectivity index (χ4v) is 4.80. The maximum absolute atomic E-state index is 14.2. The number of ether oxygens (including phenoxy) is 3. The number of hydrogen-bond acceptors (Lipinski definition) is 8. The molecule has 0 aliphatic heterocycles. The SMILES string of the molecule is COc1cc(C(=O)CCC(=O)c2ccc(OCCCO)c(OC)c2)nc(-c2csc3c(F)cccc23)c1. The van der Waals surface area contributed by atoms with Gasteiger partial charge in [-0.05, 0) is 24.3 Å². The summed E-state index contributed by atoms with van der Waals surface area (Å²) in [4.78, 5) is 30.4.